The van der Waals surface area contributed by atoms with E-state index in [-0.39, 0.29) is 42.8 Å². The summed E-state index contributed by atoms with van der Waals surface area (Å²) < 4.78 is 4.82. The number of β-amino-alcohol motifs (C(OH)–C–C–N with tert-alkyl or cyclic N) is 1. The van der Waals surface area contributed by atoms with Gasteiger partial charge in [-0.25, -0.2) is 4.79 Å². The Morgan fingerprint density at radius 2 is 1.68 bits per heavy atom. The van der Waals surface area contributed by atoms with Crippen molar-refractivity contribution in [1.29, 1.82) is 0 Å². The number of hydrogen-bond donors (Lipinski definition) is 2. The van der Waals surface area contributed by atoms with Crippen LogP contribution >= 0.6 is 0 Å². The van der Waals surface area contributed by atoms with Crippen LogP contribution in [0.1, 0.15) is 10.4 Å². The maximum absolute atomic E-state index is 12.7. The van der Waals surface area contributed by atoms with E-state index in [0.29, 0.717) is 24.3 Å². The molecule has 2 aromatic rings. The van der Waals surface area contributed by atoms with E-state index < -0.39 is 5.97 Å². The fourth-order valence-corrected chi connectivity index (χ4v) is 4.18. The van der Waals surface area contributed by atoms with E-state index in [9.17, 15) is 19.5 Å². The van der Waals surface area contributed by atoms with Crippen LogP contribution in [0.15, 0.2) is 65.9 Å². The molecule has 2 N–H and O–H groups in total. The van der Waals surface area contributed by atoms with Crippen molar-refractivity contribution >= 4 is 29.2 Å². The van der Waals surface area contributed by atoms with Crippen LogP contribution in [0.4, 0.5) is 11.4 Å². The van der Waals surface area contributed by atoms with Gasteiger partial charge in [-0.05, 0) is 36.4 Å². The molecule has 34 heavy (non-hydrogen) atoms. The van der Waals surface area contributed by atoms with Crippen LogP contribution in [0.5, 0.6) is 0 Å². The first-order valence-corrected chi connectivity index (χ1v) is 11.2. The molecule has 2 aliphatic heterocycles. The third-order valence-electron chi connectivity index (χ3n) is 6.04. The topological polar surface area (TPSA) is 102 Å². The molecule has 1 saturated heterocycles. The van der Waals surface area contributed by atoms with Gasteiger partial charge >= 0.3 is 5.97 Å². The highest BCUT2D eigenvalue weighted by molar-refractivity contribution is 6.08. The summed E-state index contributed by atoms with van der Waals surface area (Å²) in [6.07, 6.45) is 0. The fraction of sp³-hybridized carbons (Fsp3) is 0.320. The minimum Gasteiger partial charge on any atom is -0.466 e. The van der Waals surface area contributed by atoms with Crippen molar-refractivity contribution in [2.24, 2.45) is 0 Å². The summed E-state index contributed by atoms with van der Waals surface area (Å²) in [6, 6.07) is 16.9. The Morgan fingerprint density at radius 1 is 1.00 bits per heavy atom. The molecule has 0 aliphatic carbocycles. The molecule has 2 aliphatic rings. The molecule has 0 spiro atoms. The summed E-state index contributed by atoms with van der Waals surface area (Å²) in [4.78, 5) is 43.0. The first kappa shape index (κ1) is 23.3. The third-order valence-corrected chi connectivity index (χ3v) is 6.04. The van der Waals surface area contributed by atoms with Crippen molar-refractivity contribution in [3.8, 4) is 0 Å². The number of hydrogen-bond acceptors (Lipinski definition) is 7. The van der Waals surface area contributed by atoms with Crippen molar-refractivity contribution in [1.82, 2.24) is 9.80 Å². The predicted octanol–water partition coefficient (Wildman–Crippen LogP) is 1.32. The normalized spacial score (nSPS) is 16.2. The first-order chi connectivity index (χ1) is 16.5. The van der Waals surface area contributed by atoms with Gasteiger partial charge in [0.2, 0.25) is 0 Å². The second-order valence-corrected chi connectivity index (χ2v) is 8.11. The van der Waals surface area contributed by atoms with E-state index in [1.807, 2.05) is 59.5 Å². The number of aliphatic hydroxyl groups is 1. The SMILES string of the molecule is COC(=O)C1=C(Nc2ccc(N3CCN(C(=O)c4ccccc4)CC3)cc2)C(=O)N(CCO)C1. The summed E-state index contributed by atoms with van der Waals surface area (Å²) in [6.45, 7) is 2.76. The van der Waals surface area contributed by atoms with Crippen LogP contribution in [0, 0.1) is 0 Å². The van der Waals surface area contributed by atoms with E-state index in [1.165, 1.54) is 12.0 Å². The lowest BCUT2D eigenvalue weighted by Crippen LogP contribution is -2.48. The van der Waals surface area contributed by atoms with E-state index >= 15 is 0 Å². The van der Waals surface area contributed by atoms with Crippen molar-refractivity contribution in [2.75, 3.05) is 63.2 Å². The molecule has 0 bridgehead atoms. The number of benzene rings is 2. The van der Waals surface area contributed by atoms with Crippen molar-refractivity contribution in [3.05, 3.63) is 71.4 Å². The highest BCUT2D eigenvalue weighted by Crippen LogP contribution is 2.25. The molecule has 4 rings (SSSR count). The molecule has 2 aromatic carbocycles. The predicted molar refractivity (Wildman–Crippen MR) is 127 cm³/mol. The van der Waals surface area contributed by atoms with Gasteiger partial charge in [0.05, 0.1) is 25.8 Å². The van der Waals surface area contributed by atoms with Gasteiger partial charge in [-0.1, -0.05) is 18.2 Å². The highest BCUT2D eigenvalue weighted by Gasteiger charge is 2.34. The fourth-order valence-electron chi connectivity index (χ4n) is 4.18. The minimum atomic E-state index is -0.573. The molecular weight excluding hydrogens is 436 g/mol. The Morgan fingerprint density at radius 3 is 2.29 bits per heavy atom. The van der Waals surface area contributed by atoms with Gasteiger partial charge in [-0.2, -0.15) is 0 Å². The Hall–Kier alpha value is -3.85. The third kappa shape index (κ3) is 4.89. The van der Waals surface area contributed by atoms with Crippen LogP contribution in [0.25, 0.3) is 0 Å². The highest BCUT2D eigenvalue weighted by atomic mass is 16.5. The average molecular weight is 465 g/mol. The summed E-state index contributed by atoms with van der Waals surface area (Å²) in [5, 5.41) is 12.2. The minimum absolute atomic E-state index is 0.0472. The molecule has 0 atom stereocenters. The Labute approximate surface area is 198 Å². The Balaban J connectivity index is 1.39. The average Bonchev–Trinajstić information content (AvgIpc) is 3.19. The van der Waals surface area contributed by atoms with Crippen molar-refractivity contribution < 1.29 is 24.2 Å². The van der Waals surface area contributed by atoms with Gasteiger partial charge < -0.3 is 29.9 Å². The van der Waals surface area contributed by atoms with Gasteiger partial charge in [0, 0.05) is 49.7 Å². The summed E-state index contributed by atoms with van der Waals surface area (Å²) in [5.41, 5.74) is 2.78. The summed E-state index contributed by atoms with van der Waals surface area (Å²) in [5.74, 6) is -0.875. The second-order valence-electron chi connectivity index (χ2n) is 8.11. The number of anilines is 2. The van der Waals surface area contributed by atoms with Crippen LogP contribution in [-0.2, 0) is 14.3 Å². The molecule has 9 heteroatoms. The van der Waals surface area contributed by atoms with Crippen LogP contribution in [0.3, 0.4) is 0 Å². The van der Waals surface area contributed by atoms with Gasteiger partial charge in [-0.3, -0.25) is 9.59 Å². The standard InChI is InChI=1S/C25H28N4O5/c1-34-25(33)21-17-29(15-16-30)24(32)22(21)26-19-7-9-20(10-8-19)27-11-13-28(14-12-27)23(31)18-5-3-2-4-6-18/h2-10,26,30H,11-17H2,1H3. The number of amides is 2. The maximum Gasteiger partial charge on any atom is 0.337 e. The van der Waals surface area contributed by atoms with Crippen LogP contribution < -0.4 is 10.2 Å². The van der Waals surface area contributed by atoms with Crippen LogP contribution in [-0.4, -0.2) is 85.7 Å². The molecule has 0 radical (unpaired) electrons. The number of aliphatic hydroxyl groups excluding tert-OH is 1. The number of nitrogens with zero attached hydrogens (tertiary/aromatic N) is 3. The molecule has 9 nitrogen and oxygen atoms in total. The molecule has 2 amide bonds. The van der Waals surface area contributed by atoms with E-state index in [1.54, 1.807) is 0 Å². The summed E-state index contributed by atoms with van der Waals surface area (Å²) in [7, 11) is 1.27. The molecular formula is C25H28N4O5. The number of piperazine rings is 1. The lowest BCUT2D eigenvalue weighted by Gasteiger charge is -2.36. The van der Waals surface area contributed by atoms with Gasteiger partial charge in [0.25, 0.3) is 11.8 Å². The number of carbonyl (C=O) groups excluding carboxylic acids is 3. The second kappa shape index (κ2) is 10.4. The lowest BCUT2D eigenvalue weighted by molar-refractivity contribution is -0.136. The molecule has 178 valence electrons. The Kier molecular flexibility index (Phi) is 7.12. The lowest BCUT2D eigenvalue weighted by atomic mass is 10.1. The number of nitrogens with one attached hydrogen (secondary N) is 1. The number of esters is 1. The number of rotatable bonds is 7. The molecule has 0 unspecified atom stereocenters. The van der Waals surface area contributed by atoms with E-state index in [0.717, 1.165) is 18.8 Å². The van der Waals surface area contributed by atoms with Crippen LogP contribution in [0.2, 0.25) is 0 Å². The molecule has 0 aromatic heterocycles. The number of ether oxygens (including phenoxy) is 1. The zero-order valence-corrected chi connectivity index (χ0v) is 19.1. The zero-order chi connectivity index (χ0) is 24.1. The van der Waals surface area contributed by atoms with Gasteiger partial charge in [0.1, 0.15) is 5.70 Å². The zero-order valence-electron chi connectivity index (χ0n) is 19.1. The molecule has 1 fully saturated rings. The van der Waals surface area contributed by atoms with Crippen molar-refractivity contribution in [3.63, 3.8) is 0 Å². The smallest absolute Gasteiger partial charge is 0.337 e. The van der Waals surface area contributed by atoms with Crippen molar-refractivity contribution in [2.45, 2.75) is 0 Å². The number of methoxy groups -OCH3 is 1. The van der Waals surface area contributed by atoms with Gasteiger partial charge in [0.15, 0.2) is 0 Å². The Bertz CT molecular complexity index is 1080. The largest absolute Gasteiger partial charge is 0.466 e. The van der Waals surface area contributed by atoms with E-state index in [4.69, 9.17) is 4.74 Å². The number of carbonyl (C=O) groups is 3. The monoisotopic (exact) mass is 464 g/mol. The molecule has 2 heterocycles. The van der Waals surface area contributed by atoms with Gasteiger partial charge in [-0.15, -0.1) is 0 Å². The quantitative estimate of drug-likeness (QED) is 0.596. The van der Waals surface area contributed by atoms with E-state index in [2.05, 4.69) is 10.2 Å². The first-order valence-electron chi connectivity index (χ1n) is 11.2. The maximum atomic E-state index is 12.7. The molecule has 0 saturated carbocycles. The summed E-state index contributed by atoms with van der Waals surface area (Å²) >= 11 is 0.